The second-order valence-corrected chi connectivity index (χ2v) is 7.39. The van der Waals surface area contributed by atoms with Crippen LogP contribution >= 0.6 is 0 Å². The Morgan fingerprint density at radius 2 is 1.76 bits per heavy atom. The molecule has 1 fully saturated rings. The van der Waals surface area contributed by atoms with Gasteiger partial charge >= 0.3 is 17.9 Å². The molecule has 2 aromatic rings. The van der Waals surface area contributed by atoms with Crippen LogP contribution in [0.1, 0.15) is 46.0 Å². The van der Waals surface area contributed by atoms with Gasteiger partial charge in [-0.1, -0.05) is 18.6 Å². The maximum atomic E-state index is 13.3. The number of aliphatic hydroxyl groups is 1. The molecule has 0 radical (unpaired) electrons. The molecular weight excluding hydrogens is 442 g/mol. The van der Waals surface area contributed by atoms with E-state index in [9.17, 15) is 24.3 Å². The fourth-order valence-corrected chi connectivity index (χ4v) is 3.62. The summed E-state index contributed by atoms with van der Waals surface area (Å²) in [7, 11) is 0. The highest BCUT2D eigenvalue weighted by molar-refractivity contribution is 5.76. The van der Waals surface area contributed by atoms with Gasteiger partial charge in [0.15, 0.2) is 24.0 Å². The molecule has 0 spiro atoms. The molecule has 1 saturated heterocycles. The summed E-state index contributed by atoms with van der Waals surface area (Å²) in [4.78, 5) is 48.1. The number of esters is 3. The lowest BCUT2D eigenvalue weighted by atomic mass is 10.1. The first kappa shape index (κ1) is 24.3. The van der Waals surface area contributed by atoms with Gasteiger partial charge in [0, 0.05) is 20.8 Å². The van der Waals surface area contributed by atoms with Crippen LogP contribution < -0.4 is 5.56 Å². The van der Waals surface area contributed by atoms with Crippen molar-refractivity contribution in [3.05, 3.63) is 16.0 Å². The van der Waals surface area contributed by atoms with Crippen LogP contribution in [0.5, 0.6) is 0 Å². The monoisotopic (exact) mass is 467 g/mol. The molecule has 14 heteroatoms. The lowest BCUT2D eigenvalue weighted by Crippen LogP contribution is -2.42. The molecule has 2 aromatic heterocycles. The molecule has 1 aliphatic rings. The summed E-state index contributed by atoms with van der Waals surface area (Å²) in [5.74, 6) is -2.04. The van der Waals surface area contributed by atoms with Crippen molar-refractivity contribution in [2.75, 3.05) is 6.61 Å². The summed E-state index contributed by atoms with van der Waals surface area (Å²) in [6.07, 6.45) is -3.67. The van der Waals surface area contributed by atoms with E-state index in [0.29, 0.717) is 12.1 Å². The third kappa shape index (κ3) is 5.01. The maximum Gasteiger partial charge on any atom is 0.303 e. The van der Waals surface area contributed by atoms with Gasteiger partial charge in [-0.2, -0.15) is 9.78 Å². The molecule has 1 aliphatic heterocycles. The first-order chi connectivity index (χ1) is 15.7. The molecule has 0 bridgehead atoms. The van der Waals surface area contributed by atoms with E-state index in [2.05, 4.69) is 15.4 Å². The van der Waals surface area contributed by atoms with Crippen LogP contribution in [0.4, 0.5) is 0 Å². The summed E-state index contributed by atoms with van der Waals surface area (Å²) >= 11 is 0. The van der Waals surface area contributed by atoms with Gasteiger partial charge in [0.25, 0.3) is 5.56 Å². The highest BCUT2D eigenvalue weighted by Gasteiger charge is 2.51. The number of fused-ring (bicyclic) bond motifs is 1. The number of aromatic nitrogens is 5. The molecule has 0 aromatic carbocycles. The largest absolute Gasteiger partial charge is 0.463 e. The number of rotatable bonds is 8. The number of ether oxygens (including phenoxy) is 4. The Balaban J connectivity index is 2.10. The molecule has 4 atom stereocenters. The number of hydrogen-bond acceptors (Lipinski definition) is 12. The van der Waals surface area contributed by atoms with E-state index in [1.54, 1.807) is 0 Å². The average Bonchev–Trinajstić information content (AvgIpc) is 3.25. The topological polar surface area (TPSA) is 174 Å². The van der Waals surface area contributed by atoms with E-state index in [0.717, 1.165) is 29.6 Å². The van der Waals surface area contributed by atoms with Gasteiger partial charge < -0.3 is 24.1 Å². The lowest BCUT2D eigenvalue weighted by molar-refractivity contribution is -0.166. The number of nitrogens with zero attached hydrogens (tertiary/aromatic N) is 5. The Bertz CT molecular complexity index is 1110. The predicted molar refractivity (Wildman–Crippen MR) is 107 cm³/mol. The first-order valence-electron chi connectivity index (χ1n) is 10.3. The molecule has 3 heterocycles. The van der Waals surface area contributed by atoms with E-state index >= 15 is 0 Å². The second-order valence-electron chi connectivity index (χ2n) is 7.39. The minimum Gasteiger partial charge on any atom is -0.463 e. The molecule has 3 rings (SSSR count). The summed E-state index contributed by atoms with van der Waals surface area (Å²) in [5.41, 5.74) is -0.0238. The Kier molecular flexibility index (Phi) is 7.38. The van der Waals surface area contributed by atoms with Gasteiger partial charge in [-0.15, -0.1) is 5.10 Å². The molecule has 14 nitrogen and oxygen atoms in total. The van der Waals surface area contributed by atoms with Crippen molar-refractivity contribution in [1.29, 1.82) is 0 Å². The molecule has 33 heavy (non-hydrogen) atoms. The van der Waals surface area contributed by atoms with Gasteiger partial charge in [0.2, 0.25) is 0 Å². The third-order valence-electron chi connectivity index (χ3n) is 4.85. The first-order valence-corrected chi connectivity index (χ1v) is 10.3. The van der Waals surface area contributed by atoms with E-state index in [1.165, 1.54) is 6.92 Å². The van der Waals surface area contributed by atoms with Crippen LogP contribution in [0.3, 0.4) is 0 Å². The highest BCUT2D eigenvalue weighted by atomic mass is 16.7. The minimum atomic E-state index is -1.36. The average molecular weight is 467 g/mol. The summed E-state index contributed by atoms with van der Waals surface area (Å²) in [6.45, 7) is 4.48. The number of aryl methyl sites for hydroxylation is 1. The van der Waals surface area contributed by atoms with Crippen LogP contribution in [-0.4, -0.2) is 72.7 Å². The molecular formula is C19H25N5O9. The Labute approximate surface area is 187 Å². The smallest absolute Gasteiger partial charge is 0.303 e. The van der Waals surface area contributed by atoms with Crippen molar-refractivity contribution in [2.24, 2.45) is 0 Å². The van der Waals surface area contributed by atoms with Crippen LogP contribution in [0.2, 0.25) is 0 Å². The number of carbonyl (C=O) groups excluding carboxylic acids is 3. The van der Waals surface area contributed by atoms with Gasteiger partial charge in [-0.3, -0.25) is 19.2 Å². The second kappa shape index (κ2) is 10.0. The fourth-order valence-electron chi connectivity index (χ4n) is 3.62. The van der Waals surface area contributed by atoms with E-state index in [4.69, 9.17) is 18.9 Å². The van der Waals surface area contributed by atoms with Crippen LogP contribution in [0.15, 0.2) is 4.79 Å². The van der Waals surface area contributed by atoms with Crippen molar-refractivity contribution >= 4 is 28.9 Å². The standard InChI is InChI=1S/C19H25N5O9/c1-5-6-12-14-15(23(8-25)21-12)18(29)24(22-20-14)19-17(32-11(4)28)16(31-10(3)27)13(33-19)7-30-9(2)26/h13,16-17,19,25H,5-8H2,1-4H3. The molecule has 1 N–H and O–H groups in total. The molecule has 180 valence electrons. The number of aliphatic hydroxyl groups excluding tert-OH is 1. The van der Waals surface area contributed by atoms with E-state index in [1.807, 2.05) is 6.92 Å². The zero-order valence-corrected chi connectivity index (χ0v) is 18.6. The van der Waals surface area contributed by atoms with Gasteiger partial charge in [0.1, 0.15) is 25.0 Å². The third-order valence-corrected chi connectivity index (χ3v) is 4.85. The molecule has 0 aliphatic carbocycles. The van der Waals surface area contributed by atoms with Gasteiger partial charge in [-0.05, 0) is 6.42 Å². The van der Waals surface area contributed by atoms with Crippen LogP contribution in [0.25, 0.3) is 11.0 Å². The van der Waals surface area contributed by atoms with Crippen molar-refractivity contribution in [1.82, 2.24) is 24.8 Å². The predicted octanol–water partition coefficient (Wildman–Crippen LogP) is -0.786. The Morgan fingerprint density at radius 3 is 2.33 bits per heavy atom. The Hall–Kier alpha value is -3.39. The highest BCUT2D eigenvalue weighted by Crippen LogP contribution is 2.33. The van der Waals surface area contributed by atoms with Crippen LogP contribution in [0, 0.1) is 0 Å². The maximum absolute atomic E-state index is 13.3. The summed E-state index contributed by atoms with van der Waals surface area (Å²) in [6, 6.07) is 0. The molecule has 0 saturated carbocycles. The molecule has 4 unspecified atom stereocenters. The lowest BCUT2D eigenvalue weighted by Gasteiger charge is -2.23. The summed E-state index contributed by atoms with van der Waals surface area (Å²) in [5, 5.41) is 21.9. The Morgan fingerprint density at radius 1 is 1.09 bits per heavy atom. The van der Waals surface area contributed by atoms with E-state index in [-0.39, 0.29) is 17.6 Å². The zero-order valence-electron chi connectivity index (χ0n) is 18.6. The van der Waals surface area contributed by atoms with Crippen molar-refractivity contribution in [3.63, 3.8) is 0 Å². The SMILES string of the molecule is CCCc1nn(CO)c2c(=O)n(C3OC(COC(C)=O)C(OC(C)=O)C3OC(C)=O)nnc12. The van der Waals surface area contributed by atoms with Gasteiger partial charge in [0.05, 0.1) is 5.69 Å². The zero-order chi connectivity index (χ0) is 24.3. The van der Waals surface area contributed by atoms with Crippen LogP contribution in [-0.2, 0) is 46.5 Å². The normalized spacial score (nSPS) is 22.3. The van der Waals surface area contributed by atoms with Crippen molar-refractivity contribution in [3.8, 4) is 0 Å². The number of hydrogen-bond donors (Lipinski definition) is 1. The van der Waals surface area contributed by atoms with Crippen molar-refractivity contribution in [2.45, 2.75) is 71.8 Å². The minimum absolute atomic E-state index is 0.0198. The van der Waals surface area contributed by atoms with Crippen molar-refractivity contribution < 1.29 is 38.4 Å². The number of carbonyl (C=O) groups is 3. The molecule has 0 amide bonds. The fraction of sp³-hybridized carbons (Fsp3) is 0.632. The van der Waals surface area contributed by atoms with Gasteiger partial charge in [-0.25, -0.2) is 4.68 Å². The summed E-state index contributed by atoms with van der Waals surface area (Å²) < 4.78 is 23.3. The quantitative estimate of drug-likeness (QED) is 0.379. The van der Waals surface area contributed by atoms with E-state index < -0.39 is 54.7 Å².